The topological polar surface area (TPSA) is 571 Å². The zero-order valence-corrected chi connectivity index (χ0v) is 44.8. The van der Waals surface area contributed by atoms with E-state index in [1.54, 1.807) is 0 Å². The molecule has 6 aliphatic heterocycles. The van der Waals surface area contributed by atoms with E-state index in [2.05, 4.69) is 21.3 Å². The van der Waals surface area contributed by atoms with Crippen LogP contribution in [-0.2, 0) is 76.0 Å². The largest absolute Gasteiger partial charge is 0.394 e. The molecule has 0 aromatic rings. The second kappa shape index (κ2) is 31.1. The number of aliphatic hydroxyl groups excluding tert-OH is 17. The molecule has 0 saturated carbocycles. The molecule has 0 aliphatic carbocycles. The monoisotopic (exact) mass is 1210 g/mol. The minimum absolute atomic E-state index is 0.260. The van der Waals surface area contributed by atoms with E-state index in [1.165, 1.54) is 0 Å². The Kier molecular flexibility index (Phi) is 25.8. The Morgan fingerprint density at radius 1 is 0.386 bits per heavy atom. The van der Waals surface area contributed by atoms with Gasteiger partial charge >= 0.3 is 0 Å². The maximum absolute atomic E-state index is 12.9. The molecule has 4 amide bonds. The van der Waals surface area contributed by atoms with Gasteiger partial charge in [0.05, 0.1) is 58.9 Å². The quantitative estimate of drug-likeness (QED) is 0.0377. The van der Waals surface area contributed by atoms with Crippen LogP contribution in [-0.4, -0.2) is 354 Å². The maximum atomic E-state index is 12.9. The maximum Gasteiger partial charge on any atom is 0.217 e. The number of nitrogens with one attached hydrogen (secondary N) is 4. The molecule has 6 saturated heterocycles. The number of aliphatic hydroxyl groups is 17. The van der Waals surface area contributed by atoms with Gasteiger partial charge in [-0.25, -0.2) is 0 Å². The summed E-state index contributed by atoms with van der Waals surface area (Å²) >= 11 is 0. The SMILES string of the molecule is CC(=O)N[C@H]1[C@H](O[C@@H]2[C@@H](O)[C@H](O[C@H]3[C@H](O)[C@@H](O)[C@H](OC[C@@H](CO)NC=O)O[C@@H]3CO)O[C@H](CO)[C@@H]2O[C@@H]2O[C@H](CO)[C@H](O)[C@H](O)[C@H]2NC(C)=O)O[C@H](CO)[C@@H](O[C@@H]2O[C@H](CO)[C@H](O[C@@H]3O[C@H](CO)[C@H](O)[C@H](O)[C@H]3NC(C)=O)[C@H](O)[C@H]2O)[C@@H]1O. The number of carbonyl (C=O) groups excluding carboxylic acids is 4. The highest BCUT2D eigenvalue weighted by Gasteiger charge is 2.59. The van der Waals surface area contributed by atoms with Crippen LogP contribution >= 0.6 is 0 Å². The Hall–Kier alpha value is -3.28. The van der Waals surface area contributed by atoms with E-state index < -0.39 is 261 Å². The highest BCUT2D eigenvalue weighted by atomic mass is 16.8. The molecular weight excluding hydrogens is 1140 g/mol. The van der Waals surface area contributed by atoms with Crippen molar-refractivity contribution in [1.29, 1.82) is 0 Å². The van der Waals surface area contributed by atoms with Crippen molar-refractivity contribution in [3.05, 3.63) is 0 Å². The predicted molar refractivity (Wildman–Crippen MR) is 258 cm³/mol. The van der Waals surface area contributed by atoms with Crippen LogP contribution < -0.4 is 21.3 Å². The molecule has 0 aromatic heterocycles. The predicted octanol–water partition coefficient (Wildman–Crippen LogP) is -14.5. The molecule has 0 bridgehead atoms. The summed E-state index contributed by atoms with van der Waals surface area (Å²) < 4.78 is 70.4. The van der Waals surface area contributed by atoms with Crippen molar-refractivity contribution in [2.45, 2.75) is 211 Å². The van der Waals surface area contributed by atoms with Gasteiger partial charge in [-0.15, -0.1) is 0 Å². The molecule has 6 aliphatic rings. The Bertz CT molecular complexity index is 2040. The first-order valence-corrected chi connectivity index (χ1v) is 26.3. The third-order valence-electron chi connectivity index (χ3n) is 14.6. The number of rotatable bonds is 25. The zero-order chi connectivity index (χ0) is 61.3. The van der Waals surface area contributed by atoms with E-state index in [0.717, 1.165) is 20.8 Å². The van der Waals surface area contributed by atoms with Crippen molar-refractivity contribution in [2.75, 3.05) is 52.9 Å². The van der Waals surface area contributed by atoms with E-state index in [0.29, 0.717) is 0 Å². The molecule has 37 heteroatoms. The van der Waals surface area contributed by atoms with Gasteiger partial charge in [-0.1, -0.05) is 0 Å². The van der Waals surface area contributed by atoms with Crippen molar-refractivity contribution in [2.24, 2.45) is 0 Å². The van der Waals surface area contributed by atoms with Crippen molar-refractivity contribution in [1.82, 2.24) is 21.3 Å². The summed E-state index contributed by atoms with van der Waals surface area (Å²) in [5, 5.41) is 194. The molecule has 480 valence electrons. The standard InChI is InChI=1S/C46H78N4O33/c1-13(59)48-23-28(64)26(62)17(5-52)73-41(23)79-37-21(9-56)77-45(34(70)32(37)68)80-36-19(7-54)75-43(25(30(36)66)50-15(3)61)83-40-35(71)46(81-38-20(8-55)76-44(33(69)31(38)67)72-11-16(4-51)47-12-58)78-22(10-57)39(40)82-42-24(49-14(2)60)29(65)27(63)18(6-53)74-42/h12,16-46,51-57,62-71H,4-11H2,1-3H3,(H,47,58)(H,48,59)(H,49,60)(H,50,61)/t16-,17-,18-,19-,20-,21-,22-,23-,24-,25-,26+,27+,28-,29-,30-,31-,32-,33-,34-,35-,36-,37+,38-,39+,40-,41+,42+,43+,44-,45+,46+/m1/s1. The van der Waals surface area contributed by atoms with E-state index in [-0.39, 0.29) is 6.41 Å². The molecule has 0 aromatic carbocycles. The average molecular weight is 1220 g/mol. The van der Waals surface area contributed by atoms with Crippen molar-refractivity contribution in [3.63, 3.8) is 0 Å². The average Bonchev–Trinajstić information content (AvgIpc) is 3.36. The van der Waals surface area contributed by atoms with Crippen molar-refractivity contribution >= 4 is 24.1 Å². The third-order valence-corrected chi connectivity index (χ3v) is 14.6. The first-order valence-electron chi connectivity index (χ1n) is 26.3. The molecule has 0 radical (unpaired) electrons. The molecule has 31 atom stereocenters. The van der Waals surface area contributed by atoms with E-state index >= 15 is 0 Å². The Morgan fingerprint density at radius 3 is 1.10 bits per heavy atom. The molecule has 0 spiro atoms. The highest BCUT2D eigenvalue weighted by molar-refractivity contribution is 5.74. The highest BCUT2D eigenvalue weighted by Crippen LogP contribution is 2.38. The number of ether oxygens (including phenoxy) is 12. The first-order chi connectivity index (χ1) is 39.4. The number of carbonyl (C=O) groups is 4. The summed E-state index contributed by atoms with van der Waals surface area (Å²) in [5.74, 6) is -2.47. The lowest BCUT2D eigenvalue weighted by Crippen LogP contribution is -2.71. The van der Waals surface area contributed by atoms with Gasteiger partial charge in [0, 0.05) is 20.8 Å². The summed E-state index contributed by atoms with van der Waals surface area (Å²) in [6.07, 6.45) is -51.7. The van der Waals surface area contributed by atoms with E-state index in [9.17, 15) is 106 Å². The Morgan fingerprint density at radius 2 is 0.699 bits per heavy atom. The van der Waals surface area contributed by atoms with Gasteiger partial charge in [0.2, 0.25) is 24.1 Å². The molecule has 6 fully saturated rings. The number of amides is 4. The lowest BCUT2D eigenvalue weighted by Gasteiger charge is -2.52. The van der Waals surface area contributed by atoms with Gasteiger partial charge < -0.3 is 165 Å². The fourth-order valence-corrected chi connectivity index (χ4v) is 10.3. The second-order valence-electron chi connectivity index (χ2n) is 20.4. The molecule has 6 heterocycles. The van der Waals surface area contributed by atoms with Crippen LogP contribution in [0.2, 0.25) is 0 Å². The summed E-state index contributed by atoms with van der Waals surface area (Å²) in [4.78, 5) is 48.3. The number of hydrogen-bond acceptors (Lipinski definition) is 33. The second-order valence-corrected chi connectivity index (χ2v) is 20.4. The van der Waals surface area contributed by atoms with Gasteiger partial charge in [0.1, 0.15) is 146 Å². The van der Waals surface area contributed by atoms with Gasteiger partial charge in [-0.05, 0) is 0 Å². The third kappa shape index (κ3) is 15.9. The van der Waals surface area contributed by atoms with Crippen LogP contribution in [0.1, 0.15) is 20.8 Å². The molecule has 6 rings (SSSR count). The van der Waals surface area contributed by atoms with Gasteiger partial charge in [-0.3, -0.25) is 19.2 Å². The molecule has 37 nitrogen and oxygen atoms in total. The van der Waals surface area contributed by atoms with Crippen LogP contribution in [0.4, 0.5) is 0 Å². The van der Waals surface area contributed by atoms with Crippen molar-refractivity contribution in [3.8, 4) is 0 Å². The van der Waals surface area contributed by atoms with Gasteiger partial charge in [0.15, 0.2) is 37.7 Å². The summed E-state index contributed by atoms with van der Waals surface area (Å²) in [7, 11) is 0. The van der Waals surface area contributed by atoms with Crippen LogP contribution in [0.15, 0.2) is 0 Å². The normalized spacial score (nSPS) is 45.4. The van der Waals surface area contributed by atoms with Crippen LogP contribution in [0, 0.1) is 0 Å². The molecule has 0 unspecified atom stereocenters. The lowest BCUT2D eigenvalue weighted by molar-refractivity contribution is -0.396. The van der Waals surface area contributed by atoms with Gasteiger partial charge in [0.25, 0.3) is 0 Å². The van der Waals surface area contributed by atoms with Crippen LogP contribution in [0.25, 0.3) is 0 Å². The minimum atomic E-state index is -2.33. The Balaban J connectivity index is 1.30. The smallest absolute Gasteiger partial charge is 0.217 e. The fraction of sp³-hybridized carbons (Fsp3) is 0.913. The zero-order valence-electron chi connectivity index (χ0n) is 44.8. The molecule has 83 heavy (non-hydrogen) atoms. The first kappa shape index (κ1) is 68.8. The summed E-state index contributed by atoms with van der Waals surface area (Å²) in [6, 6.07) is -6.17. The van der Waals surface area contributed by atoms with Crippen LogP contribution in [0.3, 0.4) is 0 Å². The summed E-state index contributed by atoms with van der Waals surface area (Å²) in [5.41, 5.74) is 0. The minimum Gasteiger partial charge on any atom is -0.394 e. The summed E-state index contributed by atoms with van der Waals surface area (Å²) in [6.45, 7) is -4.14. The lowest BCUT2D eigenvalue weighted by atomic mass is 9.93. The number of hydrogen-bond donors (Lipinski definition) is 21. The molecule has 21 N–H and O–H groups in total. The van der Waals surface area contributed by atoms with Crippen molar-refractivity contribution < 1.29 is 163 Å². The Labute approximate surface area is 471 Å². The van der Waals surface area contributed by atoms with Crippen LogP contribution in [0.5, 0.6) is 0 Å². The van der Waals surface area contributed by atoms with E-state index in [1.807, 2.05) is 0 Å². The molecular formula is C46H78N4O33. The van der Waals surface area contributed by atoms with Gasteiger partial charge in [-0.2, -0.15) is 0 Å². The fourth-order valence-electron chi connectivity index (χ4n) is 10.3. The van der Waals surface area contributed by atoms with E-state index in [4.69, 9.17) is 56.8 Å².